The van der Waals surface area contributed by atoms with Gasteiger partial charge in [-0.2, -0.15) is 0 Å². The molecule has 1 fully saturated rings. The number of halogens is 1. The summed E-state index contributed by atoms with van der Waals surface area (Å²) < 4.78 is 11.6. The Balaban J connectivity index is 0.00000169. The standard InChI is InChI=1S/C19H19NO3.ClH/c1-22-16-9-8-14-18(21)13-6-2-3-7-17(13)23-19(14)15(16)12-20-10-4-5-11-20;/h2-3,6-9H,4-5,10-12H2,1H3;1H. The van der Waals surface area contributed by atoms with Gasteiger partial charge >= 0.3 is 0 Å². The second-order valence-corrected chi connectivity index (χ2v) is 6.03. The smallest absolute Gasteiger partial charge is 0.200 e. The molecule has 4 rings (SSSR count). The fourth-order valence-corrected chi connectivity index (χ4v) is 3.41. The van der Waals surface area contributed by atoms with Crippen LogP contribution >= 0.6 is 12.4 Å². The summed E-state index contributed by atoms with van der Waals surface area (Å²) in [6.07, 6.45) is 2.44. The maximum atomic E-state index is 12.8. The van der Waals surface area contributed by atoms with Crippen molar-refractivity contribution < 1.29 is 9.15 Å². The molecule has 0 saturated carbocycles. The van der Waals surface area contributed by atoms with Gasteiger partial charge in [0, 0.05) is 6.54 Å². The number of fused-ring (bicyclic) bond motifs is 2. The van der Waals surface area contributed by atoms with Gasteiger partial charge in [0.05, 0.1) is 23.4 Å². The first kappa shape index (κ1) is 16.8. The van der Waals surface area contributed by atoms with Crippen LogP contribution in [0.4, 0.5) is 0 Å². The van der Waals surface area contributed by atoms with Crippen LogP contribution in [0.3, 0.4) is 0 Å². The molecule has 0 N–H and O–H groups in total. The van der Waals surface area contributed by atoms with E-state index < -0.39 is 0 Å². The summed E-state index contributed by atoms with van der Waals surface area (Å²) >= 11 is 0. The Morgan fingerprint density at radius 3 is 2.58 bits per heavy atom. The summed E-state index contributed by atoms with van der Waals surface area (Å²) in [5.41, 5.74) is 2.27. The topological polar surface area (TPSA) is 42.7 Å². The molecular weight excluding hydrogens is 326 g/mol. The highest BCUT2D eigenvalue weighted by Crippen LogP contribution is 2.30. The highest BCUT2D eigenvalue weighted by molar-refractivity contribution is 5.92. The number of methoxy groups -OCH3 is 1. The van der Waals surface area contributed by atoms with Crippen molar-refractivity contribution in [3.05, 3.63) is 52.2 Å². The molecule has 126 valence electrons. The van der Waals surface area contributed by atoms with Gasteiger partial charge in [-0.05, 0) is 50.2 Å². The Kier molecular flexibility index (Phi) is 4.78. The molecule has 24 heavy (non-hydrogen) atoms. The van der Waals surface area contributed by atoms with Crippen molar-refractivity contribution in [2.24, 2.45) is 0 Å². The van der Waals surface area contributed by atoms with Crippen LogP contribution in [-0.2, 0) is 6.54 Å². The van der Waals surface area contributed by atoms with Crippen molar-refractivity contribution in [2.45, 2.75) is 19.4 Å². The minimum atomic E-state index is 0. The second kappa shape index (κ2) is 6.83. The Morgan fingerprint density at radius 1 is 1.08 bits per heavy atom. The van der Waals surface area contributed by atoms with Crippen molar-refractivity contribution in [3.63, 3.8) is 0 Å². The monoisotopic (exact) mass is 345 g/mol. The van der Waals surface area contributed by atoms with Crippen LogP contribution in [-0.4, -0.2) is 25.1 Å². The van der Waals surface area contributed by atoms with Gasteiger partial charge in [0.25, 0.3) is 0 Å². The molecule has 0 spiro atoms. The minimum absolute atomic E-state index is 0. The third-order valence-electron chi connectivity index (χ3n) is 4.61. The zero-order valence-corrected chi connectivity index (χ0v) is 14.4. The molecule has 0 amide bonds. The zero-order valence-electron chi connectivity index (χ0n) is 13.6. The summed E-state index contributed by atoms with van der Waals surface area (Å²) in [5, 5.41) is 1.25. The lowest BCUT2D eigenvalue weighted by Gasteiger charge is -2.18. The van der Waals surface area contributed by atoms with E-state index in [1.807, 2.05) is 30.3 Å². The van der Waals surface area contributed by atoms with Crippen LogP contribution in [0.5, 0.6) is 5.75 Å². The van der Waals surface area contributed by atoms with Crippen LogP contribution in [0.2, 0.25) is 0 Å². The van der Waals surface area contributed by atoms with E-state index in [0.717, 1.165) is 30.9 Å². The van der Waals surface area contributed by atoms with Crippen LogP contribution in [0.1, 0.15) is 18.4 Å². The molecule has 1 saturated heterocycles. The average molecular weight is 346 g/mol. The van der Waals surface area contributed by atoms with E-state index in [9.17, 15) is 4.79 Å². The Morgan fingerprint density at radius 2 is 1.83 bits per heavy atom. The van der Waals surface area contributed by atoms with Gasteiger partial charge in [-0.15, -0.1) is 12.4 Å². The highest BCUT2D eigenvalue weighted by atomic mass is 35.5. The summed E-state index contributed by atoms with van der Waals surface area (Å²) in [6, 6.07) is 11.1. The Labute approximate surface area is 146 Å². The summed E-state index contributed by atoms with van der Waals surface area (Å²) in [4.78, 5) is 15.1. The molecule has 2 aromatic carbocycles. The van der Waals surface area contributed by atoms with Gasteiger partial charge in [0.2, 0.25) is 5.43 Å². The largest absolute Gasteiger partial charge is 0.496 e. The molecule has 1 aromatic heterocycles. The maximum absolute atomic E-state index is 12.8. The molecule has 0 radical (unpaired) electrons. The van der Waals surface area contributed by atoms with Gasteiger partial charge < -0.3 is 9.15 Å². The van der Waals surface area contributed by atoms with Gasteiger partial charge in [0.15, 0.2) is 0 Å². The van der Waals surface area contributed by atoms with E-state index in [-0.39, 0.29) is 17.8 Å². The minimum Gasteiger partial charge on any atom is -0.496 e. The van der Waals surface area contributed by atoms with Crippen molar-refractivity contribution in [1.82, 2.24) is 4.90 Å². The first-order valence-electron chi connectivity index (χ1n) is 8.02. The molecule has 4 nitrogen and oxygen atoms in total. The first-order valence-corrected chi connectivity index (χ1v) is 8.02. The lowest BCUT2D eigenvalue weighted by molar-refractivity contribution is 0.320. The number of likely N-dealkylation sites (tertiary alicyclic amines) is 1. The number of hydrogen-bond acceptors (Lipinski definition) is 4. The number of ether oxygens (including phenoxy) is 1. The predicted molar refractivity (Wildman–Crippen MR) is 98.3 cm³/mol. The van der Waals surface area contributed by atoms with Crippen molar-refractivity contribution in [1.29, 1.82) is 0 Å². The number of hydrogen-bond donors (Lipinski definition) is 0. The normalized spacial score (nSPS) is 14.9. The number of para-hydroxylation sites is 1. The maximum Gasteiger partial charge on any atom is 0.200 e. The molecule has 0 unspecified atom stereocenters. The number of nitrogens with zero attached hydrogens (tertiary/aromatic N) is 1. The molecule has 5 heteroatoms. The lowest BCUT2D eigenvalue weighted by Crippen LogP contribution is -2.19. The third-order valence-corrected chi connectivity index (χ3v) is 4.61. The lowest BCUT2D eigenvalue weighted by atomic mass is 10.1. The predicted octanol–water partition coefficient (Wildman–Crippen LogP) is 3.97. The average Bonchev–Trinajstić information content (AvgIpc) is 3.09. The SMILES string of the molecule is COc1ccc2c(=O)c3ccccc3oc2c1CN1CCCC1.Cl. The van der Waals surface area contributed by atoms with Gasteiger partial charge in [-0.1, -0.05) is 12.1 Å². The highest BCUT2D eigenvalue weighted by Gasteiger charge is 2.19. The molecular formula is C19H20ClNO3. The van der Waals surface area contributed by atoms with Gasteiger partial charge in [-0.25, -0.2) is 0 Å². The van der Waals surface area contributed by atoms with E-state index in [0.29, 0.717) is 21.9 Å². The second-order valence-electron chi connectivity index (χ2n) is 6.03. The van der Waals surface area contributed by atoms with Gasteiger partial charge in [0.1, 0.15) is 16.9 Å². The van der Waals surface area contributed by atoms with Crippen LogP contribution in [0.25, 0.3) is 21.9 Å². The van der Waals surface area contributed by atoms with Crippen LogP contribution in [0, 0.1) is 0 Å². The van der Waals surface area contributed by atoms with Crippen LogP contribution in [0.15, 0.2) is 45.6 Å². The van der Waals surface area contributed by atoms with Crippen molar-refractivity contribution in [2.75, 3.05) is 20.2 Å². The number of benzene rings is 2. The first-order chi connectivity index (χ1) is 11.3. The van der Waals surface area contributed by atoms with Crippen molar-refractivity contribution in [3.8, 4) is 5.75 Å². The van der Waals surface area contributed by atoms with E-state index in [4.69, 9.17) is 9.15 Å². The fourth-order valence-electron chi connectivity index (χ4n) is 3.41. The van der Waals surface area contributed by atoms with Crippen LogP contribution < -0.4 is 10.2 Å². The van der Waals surface area contributed by atoms with E-state index in [2.05, 4.69) is 4.90 Å². The molecule has 1 aliphatic heterocycles. The van der Waals surface area contributed by atoms with E-state index >= 15 is 0 Å². The molecule has 2 heterocycles. The quantitative estimate of drug-likeness (QED) is 0.673. The Bertz CT molecular complexity index is 929. The van der Waals surface area contributed by atoms with Gasteiger partial charge in [-0.3, -0.25) is 9.69 Å². The van der Waals surface area contributed by atoms with Crippen molar-refractivity contribution >= 4 is 34.3 Å². The fraction of sp³-hybridized carbons (Fsp3) is 0.316. The van der Waals surface area contributed by atoms with E-state index in [1.54, 1.807) is 13.2 Å². The molecule has 1 aliphatic rings. The molecule has 0 aliphatic carbocycles. The summed E-state index contributed by atoms with van der Waals surface area (Å²) in [5.74, 6) is 0.780. The Hall–Kier alpha value is -2.04. The molecule has 0 atom stereocenters. The molecule has 3 aromatic rings. The summed E-state index contributed by atoms with van der Waals surface area (Å²) in [6.45, 7) is 2.91. The molecule has 0 bridgehead atoms. The zero-order chi connectivity index (χ0) is 15.8. The third kappa shape index (κ3) is 2.76. The number of rotatable bonds is 3. The summed E-state index contributed by atoms with van der Waals surface area (Å²) in [7, 11) is 1.66. The van der Waals surface area contributed by atoms with E-state index in [1.165, 1.54) is 12.8 Å².